The highest BCUT2D eigenvalue weighted by molar-refractivity contribution is 6.09. The molecule has 0 saturated carbocycles. The first-order valence-electron chi connectivity index (χ1n) is 11.0. The number of nitrogens with one attached hydrogen (secondary N) is 1. The van der Waals surface area contributed by atoms with Crippen molar-refractivity contribution in [3.05, 3.63) is 71.0 Å². The summed E-state index contributed by atoms with van der Waals surface area (Å²) < 4.78 is 12.9. The molecule has 0 spiro atoms. The number of aromatic nitrogens is 1. The fourth-order valence-corrected chi connectivity index (χ4v) is 4.28. The number of hydrogen-bond acceptors (Lipinski definition) is 4. The third kappa shape index (κ3) is 4.44. The first kappa shape index (κ1) is 22.5. The van der Waals surface area contributed by atoms with Gasteiger partial charge in [-0.1, -0.05) is 0 Å². The van der Waals surface area contributed by atoms with E-state index < -0.39 is 0 Å². The minimum Gasteiger partial charge on any atom is -0.493 e. The van der Waals surface area contributed by atoms with Gasteiger partial charge in [0.1, 0.15) is 0 Å². The Morgan fingerprint density at radius 3 is 2.00 bits per heavy atom. The molecular formula is C26H29N3O4. The molecule has 33 heavy (non-hydrogen) atoms. The predicted octanol–water partition coefficient (Wildman–Crippen LogP) is 4.60. The summed E-state index contributed by atoms with van der Waals surface area (Å²) in [5, 5.41) is 2.91. The Kier molecular flexibility index (Phi) is 6.40. The molecule has 0 unspecified atom stereocenters. The normalized spacial score (nSPS) is 13.2. The van der Waals surface area contributed by atoms with Crippen LogP contribution in [0.2, 0.25) is 0 Å². The Morgan fingerprint density at radius 2 is 1.42 bits per heavy atom. The Balaban J connectivity index is 1.63. The molecule has 0 atom stereocenters. The van der Waals surface area contributed by atoms with Crippen LogP contribution < -0.4 is 14.8 Å². The summed E-state index contributed by atoms with van der Waals surface area (Å²) in [4.78, 5) is 28.0. The van der Waals surface area contributed by atoms with Crippen LogP contribution in [0.5, 0.6) is 11.5 Å². The number of benzene rings is 2. The van der Waals surface area contributed by atoms with Gasteiger partial charge in [0.25, 0.3) is 11.8 Å². The number of amides is 2. The van der Waals surface area contributed by atoms with Gasteiger partial charge in [0.05, 0.1) is 25.5 Å². The molecule has 7 nitrogen and oxygen atoms in total. The largest absolute Gasteiger partial charge is 0.493 e. The second-order valence-corrected chi connectivity index (χ2v) is 8.20. The zero-order chi connectivity index (χ0) is 23.5. The van der Waals surface area contributed by atoms with E-state index in [1.165, 1.54) is 14.2 Å². The van der Waals surface area contributed by atoms with E-state index in [0.717, 1.165) is 29.9 Å². The molecule has 1 saturated heterocycles. The molecule has 1 fully saturated rings. The van der Waals surface area contributed by atoms with Crippen molar-refractivity contribution in [1.82, 2.24) is 9.47 Å². The van der Waals surface area contributed by atoms with Crippen LogP contribution >= 0.6 is 0 Å². The fraction of sp³-hybridized carbons (Fsp3) is 0.308. The molecule has 1 aliphatic rings. The molecule has 3 aromatic rings. The van der Waals surface area contributed by atoms with Gasteiger partial charge in [0.15, 0.2) is 11.5 Å². The van der Waals surface area contributed by atoms with E-state index in [4.69, 9.17) is 9.47 Å². The number of rotatable bonds is 6. The number of likely N-dealkylation sites (tertiary alicyclic amines) is 1. The van der Waals surface area contributed by atoms with Gasteiger partial charge in [-0.3, -0.25) is 9.59 Å². The number of nitrogens with zero attached hydrogens (tertiary/aromatic N) is 2. The molecule has 2 heterocycles. The van der Waals surface area contributed by atoms with Crippen molar-refractivity contribution in [3.8, 4) is 17.2 Å². The summed E-state index contributed by atoms with van der Waals surface area (Å²) in [6.07, 6.45) is 1.96. The minimum absolute atomic E-state index is 0.127. The summed E-state index contributed by atoms with van der Waals surface area (Å²) >= 11 is 0. The molecule has 1 N–H and O–H groups in total. The highest BCUT2D eigenvalue weighted by Gasteiger charge is 2.25. The first-order valence-corrected chi connectivity index (χ1v) is 11.0. The summed E-state index contributed by atoms with van der Waals surface area (Å²) in [5.74, 6) is 0.461. The van der Waals surface area contributed by atoms with Crippen LogP contribution in [0, 0.1) is 13.8 Å². The van der Waals surface area contributed by atoms with Crippen molar-refractivity contribution in [2.75, 3.05) is 32.6 Å². The molecule has 0 bridgehead atoms. The van der Waals surface area contributed by atoms with Gasteiger partial charge in [-0.15, -0.1) is 0 Å². The lowest BCUT2D eigenvalue weighted by molar-refractivity contribution is 0.0793. The topological polar surface area (TPSA) is 72.8 Å². The van der Waals surface area contributed by atoms with Gasteiger partial charge in [-0.25, -0.2) is 0 Å². The quantitative estimate of drug-likeness (QED) is 0.599. The fourth-order valence-electron chi connectivity index (χ4n) is 4.28. The van der Waals surface area contributed by atoms with Gasteiger partial charge in [0.2, 0.25) is 0 Å². The van der Waals surface area contributed by atoms with Gasteiger partial charge in [0, 0.05) is 41.8 Å². The van der Waals surface area contributed by atoms with E-state index in [0.29, 0.717) is 41.4 Å². The Labute approximate surface area is 193 Å². The molecule has 0 radical (unpaired) electrons. The lowest BCUT2D eigenvalue weighted by Gasteiger charge is -2.20. The van der Waals surface area contributed by atoms with E-state index in [-0.39, 0.29) is 11.8 Å². The van der Waals surface area contributed by atoms with Gasteiger partial charge in [-0.05, 0) is 69.2 Å². The highest BCUT2D eigenvalue weighted by Crippen LogP contribution is 2.35. The number of methoxy groups -OCH3 is 2. The summed E-state index contributed by atoms with van der Waals surface area (Å²) in [7, 11) is 3.05. The Bertz CT molecular complexity index is 1160. The van der Waals surface area contributed by atoms with Crippen molar-refractivity contribution < 1.29 is 19.1 Å². The smallest absolute Gasteiger partial charge is 0.256 e. The second kappa shape index (κ2) is 9.40. The van der Waals surface area contributed by atoms with E-state index in [1.54, 1.807) is 29.2 Å². The van der Waals surface area contributed by atoms with Crippen molar-refractivity contribution >= 4 is 17.5 Å². The highest BCUT2D eigenvalue weighted by atomic mass is 16.5. The molecule has 2 aromatic carbocycles. The van der Waals surface area contributed by atoms with Crippen LogP contribution in [0.15, 0.2) is 48.5 Å². The van der Waals surface area contributed by atoms with Crippen LogP contribution in [0.25, 0.3) is 5.69 Å². The SMILES string of the molecule is COc1cc(NC(=O)c2ccc(-n3c(C)ccc3C)cc2)c(C(=O)N2CCCC2)cc1OC. The molecule has 1 aliphatic heterocycles. The average molecular weight is 448 g/mol. The monoisotopic (exact) mass is 447 g/mol. The Morgan fingerprint density at radius 1 is 0.848 bits per heavy atom. The number of ether oxygens (including phenoxy) is 2. The molecule has 4 rings (SSSR count). The van der Waals surface area contributed by atoms with E-state index in [9.17, 15) is 9.59 Å². The minimum atomic E-state index is -0.301. The Hall–Kier alpha value is -3.74. The zero-order valence-electron chi connectivity index (χ0n) is 19.5. The molecule has 0 aliphatic carbocycles. The van der Waals surface area contributed by atoms with Gasteiger partial charge in [-0.2, -0.15) is 0 Å². The standard InChI is InChI=1S/C26H29N3O4/c1-17-7-8-18(2)29(17)20-11-9-19(10-12-20)25(30)27-22-16-24(33-4)23(32-3)15-21(22)26(31)28-13-5-6-14-28/h7-12,15-16H,5-6,13-14H2,1-4H3,(H,27,30). The lowest BCUT2D eigenvalue weighted by atomic mass is 10.1. The third-order valence-corrected chi connectivity index (χ3v) is 6.05. The maximum atomic E-state index is 13.2. The molecule has 1 aromatic heterocycles. The van der Waals surface area contributed by atoms with E-state index >= 15 is 0 Å². The number of hydrogen-bond donors (Lipinski definition) is 1. The van der Waals surface area contributed by atoms with Gasteiger partial charge >= 0.3 is 0 Å². The second-order valence-electron chi connectivity index (χ2n) is 8.20. The summed E-state index contributed by atoms with van der Waals surface area (Å²) in [6, 6.07) is 14.8. The van der Waals surface area contributed by atoms with Crippen LogP contribution in [-0.2, 0) is 0 Å². The number of anilines is 1. The number of aryl methyl sites for hydroxylation is 2. The van der Waals surface area contributed by atoms with Gasteiger partial charge < -0.3 is 24.3 Å². The van der Waals surface area contributed by atoms with Crippen LogP contribution in [-0.4, -0.2) is 48.6 Å². The van der Waals surface area contributed by atoms with Crippen molar-refractivity contribution in [3.63, 3.8) is 0 Å². The maximum absolute atomic E-state index is 13.2. The van der Waals surface area contributed by atoms with Crippen LogP contribution in [0.4, 0.5) is 5.69 Å². The summed E-state index contributed by atoms with van der Waals surface area (Å²) in [5.41, 5.74) is 4.52. The number of carbonyl (C=O) groups is 2. The lowest BCUT2D eigenvalue weighted by Crippen LogP contribution is -2.29. The molecule has 172 valence electrons. The van der Waals surface area contributed by atoms with Crippen molar-refractivity contribution in [1.29, 1.82) is 0 Å². The van der Waals surface area contributed by atoms with Crippen LogP contribution in [0.3, 0.4) is 0 Å². The van der Waals surface area contributed by atoms with E-state index in [2.05, 4.69) is 22.0 Å². The molecule has 7 heteroatoms. The maximum Gasteiger partial charge on any atom is 0.256 e. The van der Waals surface area contributed by atoms with Crippen molar-refractivity contribution in [2.24, 2.45) is 0 Å². The number of carbonyl (C=O) groups excluding carboxylic acids is 2. The average Bonchev–Trinajstić information content (AvgIpc) is 3.48. The zero-order valence-corrected chi connectivity index (χ0v) is 19.5. The van der Waals surface area contributed by atoms with Crippen LogP contribution in [0.1, 0.15) is 44.9 Å². The first-order chi connectivity index (χ1) is 15.9. The van der Waals surface area contributed by atoms with Crippen molar-refractivity contribution in [2.45, 2.75) is 26.7 Å². The predicted molar refractivity (Wildman–Crippen MR) is 128 cm³/mol. The third-order valence-electron chi connectivity index (χ3n) is 6.05. The molecule has 2 amide bonds. The molecular weight excluding hydrogens is 418 g/mol. The summed E-state index contributed by atoms with van der Waals surface area (Å²) in [6.45, 7) is 5.51. The van der Waals surface area contributed by atoms with E-state index in [1.807, 2.05) is 26.0 Å².